The van der Waals surface area contributed by atoms with Crippen LogP contribution in [-0.4, -0.2) is 11.5 Å². The van der Waals surface area contributed by atoms with Crippen molar-refractivity contribution in [2.75, 3.05) is 17.2 Å². The van der Waals surface area contributed by atoms with Gasteiger partial charge in [-0.2, -0.15) is 0 Å². The molecule has 0 radical (unpaired) electrons. The fourth-order valence-corrected chi connectivity index (χ4v) is 2.99. The van der Waals surface area contributed by atoms with Gasteiger partial charge in [-0.3, -0.25) is 4.98 Å². The van der Waals surface area contributed by atoms with E-state index in [2.05, 4.69) is 9.88 Å². The molecule has 0 bridgehead atoms. The van der Waals surface area contributed by atoms with E-state index in [0.717, 1.165) is 35.2 Å². The van der Waals surface area contributed by atoms with Crippen LogP contribution in [0, 0.1) is 5.82 Å². The van der Waals surface area contributed by atoms with Gasteiger partial charge in [0.2, 0.25) is 0 Å². The Morgan fingerprint density at radius 2 is 1.95 bits per heavy atom. The zero-order valence-corrected chi connectivity index (χ0v) is 11.4. The summed E-state index contributed by atoms with van der Waals surface area (Å²) in [5.41, 5.74) is 10.5. The molecule has 3 aromatic rings. The average Bonchev–Trinajstić information content (AvgIpc) is 2.89. The summed E-state index contributed by atoms with van der Waals surface area (Å²) in [6.07, 6.45) is 2.70. The molecule has 0 saturated heterocycles. The van der Waals surface area contributed by atoms with E-state index >= 15 is 0 Å². The minimum atomic E-state index is -0.205. The first-order chi connectivity index (χ1) is 10.2. The molecule has 21 heavy (non-hydrogen) atoms. The molecule has 4 rings (SSSR count). The number of hydrogen-bond acceptors (Lipinski definition) is 3. The summed E-state index contributed by atoms with van der Waals surface area (Å²) < 4.78 is 13.6. The van der Waals surface area contributed by atoms with Gasteiger partial charge in [0.15, 0.2) is 0 Å². The molecule has 2 heterocycles. The van der Waals surface area contributed by atoms with E-state index in [0.29, 0.717) is 5.69 Å². The van der Waals surface area contributed by atoms with Gasteiger partial charge in [0, 0.05) is 29.5 Å². The lowest BCUT2D eigenvalue weighted by Gasteiger charge is -2.21. The molecule has 104 valence electrons. The van der Waals surface area contributed by atoms with Crippen LogP contribution in [0.3, 0.4) is 0 Å². The van der Waals surface area contributed by atoms with E-state index in [9.17, 15) is 4.39 Å². The molecule has 4 heteroatoms. The summed E-state index contributed by atoms with van der Waals surface area (Å²) in [6, 6.07) is 12.7. The first-order valence-electron chi connectivity index (χ1n) is 6.92. The highest BCUT2D eigenvalue weighted by molar-refractivity contribution is 5.95. The summed E-state index contributed by atoms with van der Waals surface area (Å²) >= 11 is 0. The molecular weight excluding hydrogens is 265 g/mol. The molecule has 0 amide bonds. The van der Waals surface area contributed by atoms with Crippen LogP contribution in [0.2, 0.25) is 0 Å². The molecule has 2 aromatic carbocycles. The maximum absolute atomic E-state index is 13.6. The van der Waals surface area contributed by atoms with Crippen LogP contribution in [0.1, 0.15) is 5.56 Å². The number of fused-ring (bicyclic) bond motifs is 2. The van der Waals surface area contributed by atoms with Crippen molar-refractivity contribution in [3.63, 3.8) is 0 Å². The van der Waals surface area contributed by atoms with Gasteiger partial charge in [0.05, 0.1) is 11.2 Å². The van der Waals surface area contributed by atoms with E-state index in [4.69, 9.17) is 5.73 Å². The van der Waals surface area contributed by atoms with E-state index in [1.165, 1.54) is 11.6 Å². The van der Waals surface area contributed by atoms with Crippen molar-refractivity contribution in [2.45, 2.75) is 6.42 Å². The van der Waals surface area contributed by atoms with Crippen LogP contribution in [0.15, 0.2) is 48.7 Å². The standard InChI is InChI=1S/C17H14FN3/c18-12-2-1-11-6-8-21(17(11)9-12)16-5-7-20-15-10-13(19)3-4-14(15)16/h1-5,7,9-10H,6,8,19H2. The number of nitrogens with zero attached hydrogens (tertiary/aromatic N) is 2. The number of hydrogen-bond donors (Lipinski definition) is 1. The molecule has 0 unspecified atom stereocenters. The second-order valence-electron chi connectivity index (χ2n) is 5.28. The Morgan fingerprint density at radius 1 is 1.05 bits per heavy atom. The van der Waals surface area contributed by atoms with Gasteiger partial charge in [0.25, 0.3) is 0 Å². The lowest BCUT2D eigenvalue weighted by molar-refractivity contribution is 0.628. The number of aromatic nitrogens is 1. The van der Waals surface area contributed by atoms with Crippen molar-refractivity contribution in [3.05, 3.63) is 60.0 Å². The molecular formula is C17H14FN3. The number of pyridine rings is 1. The van der Waals surface area contributed by atoms with Gasteiger partial charge in [-0.25, -0.2) is 4.39 Å². The Balaban J connectivity index is 1.91. The minimum absolute atomic E-state index is 0.205. The van der Waals surface area contributed by atoms with Crippen LogP contribution < -0.4 is 10.6 Å². The second-order valence-corrected chi connectivity index (χ2v) is 5.28. The number of anilines is 3. The van der Waals surface area contributed by atoms with Crippen molar-refractivity contribution in [1.82, 2.24) is 4.98 Å². The molecule has 1 aliphatic heterocycles. The highest BCUT2D eigenvalue weighted by Gasteiger charge is 2.22. The first kappa shape index (κ1) is 12.1. The summed E-state index contributed by atoms with van der Waals surface area (Å²) in [7, 11) is 0. The number of nitrogen functional groups attached to an aromatic ring is 1. The predicted octanol–water partition coefficient (Wildman–Crippen LogP) is 3.65. The van der Waals surface area contributed by atoms with Crippen molar-refractivity contribution < 1.29 is 4.39 Å². The van der Waals surface area contributed by atoms with Crippen molar-refractivity contribution in [2.24, 2.45) is 0 Å². The number of nitrogens with two attached hydrogens (primary N) is 1. The lowest BCUT2D eigenvalue weighted by Crippen LogP contribution is -2.14. The van der Waals surface area contributed by atoms with Crippen molar-refractivity contribution in [3.8, 4) is 0 Å². The number of halogens is 1. The molecule has 0 saturated carbocycles. The minimum Gasteiger partial charge on any atom is -0.399 e. The van der Waals surface area contributed by atoms with E-state index in [1.54, 1.807) is 12.3 Å². The maximum Gasteiger partial charge on any atom is 0.125 e. The molecule has 3 nitrogen and oxygen atoms in total. The normalized spacial score (nSPS) is 13.7. The molecule has 0 atom stereocenters. The van der Waals surface area contributed by atoms with Crippen molar-refractivity contribution >= 4 is 28.0 Å². The Morgan fingerprint density at radius 3 is 2.86 bits per heavy atom. The van der Waals surface area contributed by atoms with Gasteiger partial charge < -0.3 is 10.6 Å². The third-order valence-electron chi connectivity index (χ3n) is 3.98. The molecule has 1 aliphatic rings. The van der Waals surface area contributed by atoms with Gasteiger partial charge in [-0.1, -0.05) is 6.07 Å². The monoisotopic (exact) mass is 279 g/mol. The fraction of sp³-hybridized carbons (Fsp3) is 0.118. The van der Waals surface area contributed by atoms with Gasteiger partial charge >= 0.3 is 0 Å². The maximum atomic E-state index is 13.6. The Bertz CT molecular complexity index is 845. The smallest absolute Gasteiger partial charge is 0.125 e. The topological polar surface area (TPSA) is 42.1 Å². The van der Waals surface area contributed by atoms with Crippen LogP contribution in [-0.2, 0) is 6.42 Å². The van der Waals surface area contributed by atoms with Crippen molar-refractivity contribution in [1.29, 1.82) is 0 Å². The zero-order chi connectivity index (χ0) is 14.4. The summed E-state index contributed by atoms with van der Waals surface area (Å²) in [5.74, 6) is -0.205. The van der Waals surface area contributed by atoms with Crippen LogP contribution in [0.4, 0.5) is 21.5 Å². The summed E-state index contributed by atoms with van der Waals surface area (Å²) in [4.78, 5) is 6.52. The average molecular weight is 279 g/mol. The largest absolute Gasteiger partial charge is 0.399 e. The summed E-state index contributed by atoms with van der Waals surface area (Å²) in [6.45, 7) is 0.849. The lowest BCUT2D eigenvalue weighted by atomic mass is 10.1. The van der Waals surface area contributed by atoms with E-state index in [-0.39, 0.29) is 5.82 Å². The van der Waals surface area contributed by atoms with Gasteiger partial charge in [-0.05, 0) is 48.4 Å². The zero-order valence-electron chi connectivity index (χ0n) is 11.4. The quantitative estimate of drug-likeness (QED) is 0.691. The van der Waals surface area contributed by atoms with Crippen LogP contribution in [0.25, 0.3) is 10.9 Å². The molecule has 0 fully saturated rings. The Labute approximate surface area is 121 Å². The fourth-order valence-electron chi connectivity index (χ4n) is 2.99. The molecule has 2 N–H and O–H groups in total. The summed E-state index contributed by atoms with van der Waals surface area (Å²) in [5, 5.41) is 1.03. The third-order valence-corrected chi connectivity index (χ3v) is 3.98. The van der Waals surface area contributed by atoms with Gasteiger partial charge in [-0.15, -0.1) is 0 Å². The predicted molar refractivity (Wildman–Crippen MR) is 83.3 cm³/mol. The first-order valence-corrected chi connectivity index (χ1v) is 6.92. The SMILES string of the molecule is Nc1ccc2c(N3CCc4ccc(F)cc43)ccnc2c1. The highest BCUT2D eigenvalue weighted by atomic mass is 19.1. The van der Waals surface area contributed by atoms with Crippen LogP contribution in [0.5, 0.6) is 0 Å². The molecule has 1 aromatic heterocycles. The molecule has 0 aliphatic carbocycles. The van der Waals surface area contributed by atoms with E-state index < -0.39 is 0 Å². The van der Waals surface area contributed by atoms with Gasteiger partial charge in [0.1, 0.15) is 5.82 Å². The Kier molecular flexibility index (Phi) is 2.57. The second kappa shape index (κ2) is 4.45. The Hall–Kier alpha value is -2.62. The third kappa shape index (κ3) is 1.91. The van der Waals surface area contributed by atoms with Crippen LogP contribution >= 0.6 is 0 Å². The molecule has 0 spiro atoms. The highest BCUT2D eigenvalue weighted by Crippen LogP contribution is 2.38. The van der Waals surface area contributed by atoms with E-state index in [1.807, 2.05) is 30.3 Å². The number of rotatable bonds is 1. The number of benzene rings is 2.